The Balaban J connectivity index is 1.31. The van der Waals surface area contributed by atoms with Gasteiger partial charge in [0.2, 0.25) is 70.9 Å². The Bertz CT molecular complexity index is 3130. The van der Waals surface area contributed by atoms with Gasteiger partial charge in [-0.1, -0.05) is 53.9 Å². The van der Waals surface area contributed by atoms with Crippen LogP contribution in [0.3, 0.4) is 0 Å². The molecule has 0 aromatic carbocycles. The van der Waals surface area contributed by atoms with Crippen molar-refractivity contribution in [3.63, 3.8) is 0 Å². The largest absolute Gasteiger partial charge is 0.393 e. The van der Waals surface area contributed by atoms with Gasteiger partial charge in [-0.3, -0.25) is 57.5 Å². The van der Waals surface area contributed by atoms with Gasteiger partial charge in [-0.2, -0.15) is 26.3 Å². The second kappa shape index (κ2) is 37.3. The van der Waals surface area contributed by atoms with Crippen LogP contribution in [-0.4, -0.2) is 269 Å². The van der Waals surface area contributed by atoms with E-state index in [2.05, 4.69) is 21.3 Å². The van der Waals surface area contributed by atoms with E-state index < -0.39 is 203 Å². The summed E-state index contributed by atoms with van der Waals surface area (Å²) in [6, 6.07) is -12.0. The van der Waals surface area contributed by atoms with E-state index in [1.54, 1.807) is 27.7 Å². The van der Waals surface area contributed by atoms with Crippen molar-refractivity contribution in [1.29, 1.82) is 0 Å². The molecule has 3 aliphatic heterocycles. The van der Waals surface area contributed by atoms with Crippen molar-refractivity contribution in [1.82, 2.24) is 60.5 Å². The highest BCUT2D eigenvalue weighted by Crippen LogP contribution is 2.45. The van der Waals surface area contributed by atoms with Gasteiger partial charge < -0.3 is 65.2 Å². The summed E-state index contributed by atoms with van der Waals surface area (Å²) < 4.78 is 90.7. The lowest BCUT2D eigenvalue weighted by Crippen LogP contribution is -2.68. The summed E-state index contributed by atoms with van der Waals surface area (Å²) in [7, 11) is 8.36. The molecule has 106 heavy (non-hydrogen) atoms. The number of nitrogens with one attached hydrogen (secondary N) is 4. The van der Waals surface area contributed by atoms with Gasteiger partial charge in [-0.05, 0) is 159 Å². The van der Waals surface area contributed by atoms with E-state index in [1.807, 2.05) is 13.8 Å². The molecule has 4 saturated carbocycles. The molecule has 600 valence electrons. The Morgan fingerprint density at radius 3 is 1.85 bits per heavy atom. The van der Waals surface area contributed by atoms with E-state index in [9.17, 15) is 55.1 Å². The first kappa shape index (κ1) is 86.7. The van der Waals surface area contributed by atoms with E-state index in [1.165, 1.54) is 78.6 Å². The van der Waals surface area contributed by atoms with Gasteiger partial charge in [0.15, 0.2) is 0 Å². The lowest BCUT2D eigenvalue weighted by Gasteiger charge is -2.46. The van der Waals surface area contributed by atoms with Gasteiger partial charge >= 0.3 is 12.4 Å². The average molecular weight is 1530 g/mol. The quantitative estimate of drug-likeness (QED) is 0.100. The van der Waals surface area contributed by atoms with E-state index in [-0.39, 0.29) is 135 Å². The van der Waals surface area contributed by atoms with Crippen LogP contribution in [0.2, 0.25) is 0 Å². The molecule has 32 heteroatoms. The average Bonchev–Trinajstić information content (AvgIpc) is 1.13. The number of hydrogen-bond donors (Lipinski definition) is 4. The zero-order valence-corrected chi connectivity index (χ0v) is 65.0. The third-order valence-corrected chi connectivity index (χ3v) is 24.3. The normalized spacial score (nSPS) is 31.8. The zero-order chi connectivity index (χ0) is 78.8. The van der Waals surface area contributed by atoms with Gasteiger partial charge in [-0.25, -0.2) is 0 Å². The molecule has 7 aliphatic rings. The van der Waals surface area contributed by atoms with Crippen molar-refractivity contribution in [3.8, 4) is 0 Å². The Kier molecular flexibility index (Phi) is 30.5. The molecule has 0 aromatic heterocycles. The summed E-state index contributed by atoms with van der Waals surface area (Å²) in [6.07, 6.45) is -7.59. The van der Waals surface area contributed by atoms with Gasteiger partial charge in [0.1, 0.15) is 59.9 Å². The van der Waals surface area contributed by atoms with Crippen LogP contribution in [0.1, 0.15) is 196 Å². The number of carbonyl (C=O) groups is 12. The highest BCUT2D eigenvalue weighted by atomic mass is 35.5. The van der Waals surface area contributed by atoms with Crippen LogP contribution in [0, 0.1) is 41.4 Å². The fraction of sp³-hybridized carbons (Fsp3) is 0.838. The summed E-state index contributed by atoms with van der Waals surface area (Å²) in [5, 5.41) is 10.1. The first-order chi connectivity index (χ1) is 49.7. The van der Waals surface area contributed by atoms with E-state index in [0.29, 0.717) is 38.5 Å². The smallest absolute Gasteiger partial charge is 0.377 e. The Hall–Kier alpha value is -6.53. The van der Waals surface area contributed by atoms with Crippen molar-refractivity contribution < 1.29 is 88.6 Å². The third-order valence-electron chi connectivity index (χ3n) is 23.9. The molecule has 3 saturated heterocycles. The first-order valence-corrected chi connectivity index (χ1v) is 38.9. The summed E-state index contributed by atoms with van der Waals surface area (Å²) in [6.45, 7) is 11.2. The summed E-state index contributed by atoms with van der Waals surface area (Å²) >= 11 is 6.42. The molecule has 14 atom stereocenters. The fourth-order valence-corrected chi connectivity index (χ4v) is 17.4. The molecule has 0 bridgehead atoms. The molecule has 4 N–H and O–H groups in total. The Labute approximate surface area is 625 Å². The molecule has 3 heterocycles. The predicted molar refractivity (Wildman–Crippen MR) is 381 cm³/mol. The second-order valence-corrected chi connectivity index (χ2v) is 32.5. The molecule has 7 fully saturated rings. The number of carbonyl (C=O) groups excluding carboxylic acids is 12. The second-order valence-electron chi connectivity index (χ2n) is 31.9. The van der Waals surface area contributed by atoms with E-state index >= 15 is 28.8 Å². The number of halogens is 7. The van der Waals surface area contributed by atoms with Crippen LogP contribution in [0.15, 0.2) is 0 Å². The lowest BCUT2D eigenvalue weighted by atomic mass is 9.74. The predicted octanol–water partition coefficient (Wildman–Crippen LogP) is 6.55. The number of amides is 12. The SMILES string of the molecule is CCCN1C(=O)[C@@H]2CCN2C(=O)[C@H](C)N(C)C(=O)[C@H]([C@@H](C)CC)NC(=O)[C@H](CC(C)C)N(C)C(=O)C[C@@H](C(=O)N(C)C)NC(=O)[C@H](C2CCCC2)N(C)C(=O)C2(CCC2)NC(=O)[C@@H]2C[C@@H](OCC)CN2C(=O)[C@H](CCC2CCC(C(F)(F)F)C(Cl)C2)NC(=O)CN(C)C(=O)[C@@H]1CC1CCC(C(F)(F)F)CC1. The monoisotopic (exact) mass is 1530 g/mol. The van der Waals surface area contributed by atoms with Crippen molar-refractivity contribution in [2.45, 2.75) is 280 Å². The number of rotatable bonds is 15. The van der Waals surface area contributed by atoms with Crippen molar-refractivity contribution in [3.05, 3.63) is 0 Å². The van der Waals surface area contributed by atoms with Crippen LogP contribution >= 0.6 is 11.6 Å². The molecular weight excluding hydrogens is 1410 g/mol. The molecule has 0 aromatic rings. The molecule has 3 unspecified atom stereocenters. The molecular formula is C74H117ClF6N12O13. The lowest BCUT2D eigenvalue weighted by molar-refractivity contribution is -0.184. The maximum atomic E-state index is 15.5. The van der Waals surface area contributed by atoms with Gasteiger partial charge in [-0.15, -0.1) is 11.6 Å². The third kappa shape index (κ3) is 20.9. The van der Waals surface area contributed by atoms with Crippen LogP contribution in [0.4, 0.5) is 26.3 Å². The molecule has 7 rings (SSSR count). The molecule has 25 nitrogen and oxygen atoms in total. The maximum Gasteiger partial charge on any atom is 0.393 e. The number of hydrogen-bond acceptors (Lipinski definition) is 13. The number of alkyl halides is 7. The molecule has 0 radical (unpaired) electrons. The van der Waals surface area contributed by atoms with Crippen LogP contribution < -0.4 is 21.3 Å². The van der Waals surface area contributed by atoms with Gasteiger partial charge in [0, 0.05) is 80.3 Å². The topological polar surface area (TPSA) is 288 Å². The minimum atomic E-state index is -4.57. The van der Waals surface area contributed by atoms with Crippen LogP contribution in [0.25, 0.3) is 0 Å². The summed E-state index contributed by atoms with van der Waals surface area (Å²) in [5.74, 6) is -14.4. The van der Waals surface area contributed by atoms with Crippen LogP contribution in [0.5, 0.6) is 0 Å². The van der Waals surface area contributed by atoms with Crippen molar-refractivity contribution in [2.24, 2.45) is 41.4 Å². The van der Waals surface area contributed by atoms with E-state index in [4.69, 9.17) is 16.3 Å². The minimum Gasteiger partial charge on any atom is -0.377 e. The highest BCUT2D eigenvalue weighted by Gasteiger charge is 2.55. The van der Waals surface area contributed by atoms with Gasteiger partial charge in [0.05, 0.1) is 30.9 Å². The maximum absolute atomic E-state index is 15.5. The Morgan fingerprint density at radius 2 is 1.31 bits per heavy atom. The number of likely N-dealkylation sites (N-methyl/N-ethyl adjacent to an activating group) is 5. The van der Waals surface area contributed by atoms with Crippen LogP contribution in [-0.2, 0) is 62.3 Å². The fourth-order valence-electron chi connectivity index (χ4n) is 16.9. The molecule has 12 amide bonds. The highest BCUT2D eigenvalue weighted by molar-refractivity contribution is 6.21. The van der Waals surface area contributed by atoms with Crippen molar-refractivity contribution >= 4 is 82.5 Å². The molecule has 1 spiro atoms. The zero-order valence-electron chi connectivity index (χ0n) is 64.2. The summed E-state index contributed by atoms with van der Waals surface area (Å²) in [5.41, 5.74) is -1.63. The van der Waals surface area contributed by atoms with Crippen molar-refractivity contribution in [2.75, 3.05) is 75.1 Å². The Morgan fingerprint density at radius 1 is 0.670 bits per heavy atom. The first-order valence-electron chi connectivity index (χ1n) is 38.5. The molecule has 4 aliphatic carbocycles. The summed E-state index contributed by atoms with van der Waals surface area (Å²) in [4.78, 5) is 190. The minimum absolute atomic E-state index is 0.0445. The standard InChI is InChI=1S/C74H117ClF6N12O13/c1-14-33-91-57(37-46-22-26-48(27-23-46)73(76,77)78)68(102)87(10)41-58(94)82-52(29-25-45-24-28-50(51(75)36-45)74(79,80)81)67(101)93-40-49(106-16-3)38-56(93)63(97)85-72(31-19-32-72)71(105)90(13)61(47-20-17-18-21-47)64(98)83-53(66(100)86(8)9)39-59(95)89(12)55(35-42(4)5)62(96)84-60(43(6)15-2)70(104)88(11)44(7)65(99)92-34-30-54(92)69(91)103/h42-57,60-61H,14-41H2,1-13H3,(H,82,94)(H,83,98)(H,84,96)(H,85,97)/t43-,44-,45?,46?,48?,49+,50?,51?,52-,53-,54-,55-,56-,57-,60-,61-/m0/s1. The van der Waals surface area contributed by atoms with Gasteiger partial charge in [0.25, 0.3) is 0 Å². The number of ether oxygens (including phenoxy) is 1. The number of nitrogens with zero attached hydrogens (tertiary/aromatic N) is 8. The number of fused-ring (bicyclic) bond motifs is 2. The van der Waals surface area contributed by atoms with E-state index in [0.717, 1.165) is 9.80 Å².